The molecule has 0 saturated carbocycles. The Labute approximate surface area is 150 Å². The number of carbonyl (C=O) groups is 2. The number of halogens is 1. The quantitative estimate of drug-likeness (QED) is 0.768. The Kier molecular flexibility index (Phi) is 6.54. The molecule has 2 aromatic rings. The van der Waals surface area contributed by atoms with Crippen molar-refractivity contribution >= 4 is 11.9 Å². The van der Waals surface area contributed by atoms with Gasteiger partial charge >= 0.3 is 5.97 Å². The highest BCUT2D eigenvalue weighted by Crippen LogP contribution is 2.28. The van der Waals surface area contributed by atoms with Gasteiger partial charge in [0.15, 0.2) is 18.1 Å². The molecule has 0 saturated heterocycles. The fraction of sp³-hybridized carbons (Fsp3) is 0.263. The van der Waals surface area contributed by atoms with Gasteiger partial charge in [-0.2, -0.15) is 0 Å². The standard InChI is InChI=1S/C19H20FNO5/c1-12(13-4-7-15(20)8-5-13)21-18(22)11-26-16-9-6-14(19(23)25-3)10-17(16)24-2/h4-10,12H,11H2,1-3H3,(H,21,22)/t12-/m0/s1. The molecule has 0 spiro atoms. The van der Waals surface area contributed by atoms with Crippen LogP contribution in [-0.2, 0) is 9.53 Å². The molecule has 0 radical (unpaired) electrons. The van der Waals surface area contributed by atoms with E-state index in [1.807, 2.05) is 0 Å². The van der Waals surface area contributed by atoms with Crippen molar-refractivity contribution in [3.63, 3.8) is 0 Å². The smallest absolute Gasteiger partial charge is 0.337 e. The first kappa shape index (κ1) is 19.2. The van der Waals surface area contributed by atoms with E-state index in [2.05, 4.69) is 10.1 Å². The van der Waals surface area contributed by atoms with Gasteiger partial charge in [0.25, 0.3) is 5.91 Å². The van der Waals surface area contributed by atoms with E-state index in [-0.39, 0.29) is 24.4 Å². The number of ether oxygens (including phenoxy) is 3. The van der Waals surface area contributed by atoms with Gasteiger partial charge in [0, 0.05) is 0 Å². The third-order valence-corrected chi connectivity index (χ3v) is 3.69. The summed E-state index contributed by atoms with van der Waals surface area (Å²) in [5, 5.41) is 2.76. The minimum absolute atomic E-state index is 0.237. The zero-order valence-electron chi connectivity index (χ0n) is 14.7. The maximum atomic E-state index is 12.9. The molecule has 1 N–H and O–H groups in total. The van der Waals surface area contributed by atoms with Crippen LogP contribution in [0.15, 0.2) is 42.5 Å². The molecule has 138 valence electrons. The van der Waals surface area contributed by atoms with E-state index in [4.69, 9.17) is 9.47 Å². The monoisotopic (exact) mass is 361 g/mol. The first-order chi connectivity index (χ1) is 12.4. The van der Waals surface area contributed by atoms with E-state index < -0.39 is 5.97 Å². The van der Waals surface area contributed by atoms with Crippen LogP contribution >= 0.6 is 0 Å². The summed E-state index contributed by atoms with van der Waals surface area (Å²) in [6.45, 7) is 1.55. The topological polar surface area (TPSA) is 73.9 Å². The average molecular weight is 361 g/mol. The van der Waals surface area contributed by atoms with E-state index in [0.29, 0.717) is 17.1 Å². The number of rotatable bonds is 7. The third kappa shape index (κ3) is 4.95. The average Bonchev–Trinajstić information content (AvgIpc) is 2.66. The lowest BCUT2D eigenvalue weighted by Crippen LogP contribution is -2.31. The van der Waals surface area contributed by atoms with Crippen molar-refractivity contribution in [2.45, 2.75) is 13.0 Å². The SMILES string of the molecule is COC(=O)c1ccc(OCC(=O)N[C@@H](C)c2ccc(F)cc2)c(OC)c1. The number of hydrogen-bond donors (Lipinski definition) is 1. The number of nitrogens with one attached hydrogen (secondary N) is 1. The molecule has 0 unspecified atom stereocenters. The number of carbonyl (C=O) groups excluding carboxylic acids is 2. The van der Waals surface area contributed by atoms with Crippen LogP contribution in [0, 0.1) is 5.82 Å². The van der Waals surface area contributed by atoms with Crippen molar-refractivity contribution < 1.29 is 28.2 Å². The van der Waals surface area contributed by atoms with Crippen molar-refractivity contribution in [1.82, 2.24) is 5.32 Å². The van der Waals surface area contributed by atoms with E-state index in [1.54, 1.807) is 19.1 Å². The first-order valence-corrected chi connectivity index (χ1v) is 7.88. The number of methoxy groups -OCH3 is 2. The van der Waals surface area contributed by atoms with Gasteiger partial charge in [-0.1, -0.05) is 12.1 Å². The summed E-state index contributed by atoms with van der Waals surface area (Å²) < 4.78 is 28.2. The van der Waals surface area contributed by atoms with Gasteiger partial charge in [0.2, 0.25) is 0 Å². The normalized spacial score (nSPS) is 11.4. The van der Waals surface area contributed by atoms with Crippen LogP contribution in [0.3, 0.4) is 0 Å². The van der Waals surface area contributed by atoms with Crippen molar-refractivity contribution in [2.24, 2.45) is 0 Å². The second kappa shape index (κ2) is 8.84. The first-order valence-electron chi connectivity index (χ1n) is 7.88. The summed E-state index contributed by atoms with van der Waals surface area (Å²) in [5.74, 6) is -0.545. The Hall–Kier alpha value is -3.09. The van der Waals surface area contributed by atoms with Crippen LogP contribution in [-0.4, -0.2) is 32.7 Å². The van der Waals surface area contributed by atoms with Gasteiger partial charge in [-0.05, 0) is 42.8 Å². The van der Waals surface area contributed by atoms with Crippen LogP contribution in [0.25, 0.3) is 0 Å². The Morgan fingerprint density at radius 3 is 2.38 bits per heavy atom. The van der Waals surface area contributed by atoms with Gasteiger partial charge in [-0.25, -0.2) is 9.18 Å². The molecule has 0 aliphatic heterocycles. The van der Waals surface area contributed by atoms with E-state index in [1.165, 1.54) is 44.6 Å². The largest absolute Gasteiger partial charge is 0.493 e. The van der Waals surface area contributed by atoms with Crippen LogP contribution in [0.5, 0.6) is 11.5 Å². The van der Waals surface area contributed by atoms with Crippen LogP contribution < -0.4 is 14.8 Å². The molecule has 0 aromatic heterocycles. The Bertz CT molecular complexity index is 776. The second-order valence-electron chi connectivity index (χ2n) is 5.49. The maximum Gasteiger partial charge on any atom is 0.337 e. The lowest BCUT2D eigenvalue weighted by molar-refractivity contribution is -0.123. The molecule has 2 rings (SSSR count). The number of esters is 1. The number of amides is 1. The lowest BCUT2D eigenvalue weighted by atomic mass is 10.1. The molecule has 6 nitrogen and oxygen atoms in total. The fourth-order valence-electron chi connectivity index (χ4n) is 2.29. The van der Waals surface area contributed by atoms with E-state index in [9.17, 15) is 14.0 Å². The molecule has 0 bridgehead atoms. The highest BCUT2D eigenvalue weighted by molar-refractivity contribution is 5.90. The van der Waals surface area contributed by atoms with E-state index in [0.717, 1.165) is 5.56 Å². The van der Waals surface area contributed by atoms with Gasteiger partial charge in [0.05, 0.1) is 25.8 Å². The minimum atomic E-state index is -0.499. The third-order valence-electron chi connectivity index (χ3n) is 3.69. The van der Waals surface area contributed by atoms with Crippen molar-refractivity contribution in [3.05, 3.63) is 59.4 Å². The molecule has 1 amide bonds. The summed E-state index contributed by atoms with van der Waals surface area (Å²) in [4.78, 5) is 23.6. The summed E-state index contributed by atoms with van der Waals surface area (Å²) in [7, 11) is 2.71. The lowest BCUT2D eigenvalue weighted by Gasteiger charge is -2.15. The predicted octanol–water partition coefficient (Wildman–Crippen LogP) is 2.88. The molecule has 1 atom stereocenters. The van der Waals surface area contributed by atoms with Crippen molar-refractivity contribution in [1.29, 1.82) is 0 Å². The molecule has 7 heteroatoms. The Morgan fingerprint density at radius 2 is 1.77 bits per heavy atom. The zero-order valence-corrected chi connectivity index (χ0v) is 14.7. The summed E-state index contributed by atoms with van der Waals surface area (Å²) in [6, 6.07) is 10.1. The Morgan fingerprint density at radius 1 is 1.08 bits per heavy atom. The van der Waals surface area contributed by atoms with Gasteiger partial charge in [-0.3, -0.25) is 4.79 Å². The highest BCUT2D eigenvalue weighted by atomic mass is 19.1. The van der Waals surface area contributed by atoms with Gasteiger partial charge < -0.3 is 19.5 Å². The number of benzene rings is 2. The molecular formula is C19H20FNO5. The zero-order chi connectivity index (χ0) is 19.1. The highest BCUT2D eigenvalue weighted by Gasteiger charge is 2.14. The van der Waals surface area contributed by atoms with Crippen LogP contribution in [0.4, 0.5) is 4.39 Å². The molecule has 0 heterocycles. The van der Waals surface area contributed by atoms with Crippen LogP contribution in [0.1, 0.15) is 28.9 Å². The van der Waals surface area contributed by atoms with Crippen molar-refractivity contribution in [2.75, 3.05) is 20.8 Å². The fourth-order valence-corrected chi connectivity index (χ4v) is 2.29. The number of hydrogen-bond acceptors (Lipinski definition) is 5. The molecule has 2 aromatic carbocycles. The molecule has 0 aliphatic rings. The Balaban J connectivity index is 1.96. The molecule has 0 aliphatic carbocycles. The summed E-state index contributed by atoms with van der Waals surface area (Å²) in [6.07, 6.45) is 0. The van der Waals surface area contributed by atoms with Crippen LogP contribution in [0.2, 0.25) is 0 Å². The maximum absolute atomic E-state index is 12.9. The molecule has 26 heavy (non-hydrogen) atoms. The summed E-state index contributed by atoms with van der Waals surface area (Å²) in [5.41, 5.74) is 1.09. The predicted molar refractivity (Wildman–Crippen MR) is 92.8 cm³/mol. The molecular weight excluding hydrogens is 341 g/mol. The van der Waals surface area contributed by atoms with Crippen molar-refractivity contribution in [3.8, 4) is 11.5 Å². The van der Waals surface area contributed by atoms with E-state index >= 15 is 0 Å². The minimum Gasteiger partial charge on any atom is -0.493 e. The second-order valence-corrected chi connectivity index (χ2v) is 5.49. The van der Waals surface area contributed by atoms with Gasteiger partial charge in [0.1, 0.15) is 5.82 Å². The summed E-state index contributed by atoms with van der Waals surface area (Å²) >= 11 is 0. The van der Waals surface area contributed by atoms with Gasteiger partial charge in [-0.15, -0.1) is 0 Å². The molecule has 0 fully saturated rings.